The number of aromatic nitrogens is 4. The number of hydrogen-bond donors (Lipinski definition) is 0. The molecule has 0 spiro atoms. The fourth-order valence-corrected chi connectivity index (χ4v) is 4.05. The summed E-state index contributed by atoms with van der Waals surface area (Å²) in [7, 11) is 0. The summed E-state index contributed by atoms with van der Waals surface area (Å²) in [4.78, 5) is 5.83. The molecular formula is C21H22F3N5S. The molecule has 9 heteroatoms. The van der Waals surface area contributed by atoms with Crippen molar-refractivity contribution in [3.05, 3.63) is 59.1 Å². The molecule has 1 atom stereocenters. The average molecular weight is 434 g/mol. The number of nitrogens with zero attached hydrogens (tertiary/aromatic N) is 5. The Balaban J connectivity index is 1.71. The van der Waals surface area contributed by atoms with Crippen LogP contribution in [-0.2, 0) is 6.67 Å². The standard InChI is InChI=1S/C21H22F3N5S/c1-15-4-6-18(7-5-15)29-19(16-8-10-25-11-9-16)26-28(20(29)30)14-27-12-2-3-17(13-27)21(22,23)24/h4-11,17H,2-3,12-14H2,1H3/t17-/m0/s1. The van der Waals surface area contributed by atoms with E-state index in [2.05, 4.69) is 10.1 Å². The van der Waals surface area contributed by atoms with Crippen molar-refractivity contribution in [2.75, 3.05) is 13.1 Å². The molecule has 5 nitrogen and oxygen atoms in total. The quantitative estimate of drug-likeness (QED) is 0.543. The predicted octanol–water partition coefficient (Wildman–Crippen LogP) is 5.01. The molecule has 1 aliphatic heterocycles. The van der Waals surface area contributed by atoms with Crippen molar-refractivity contribution in [1.29, 1.82) is 0 Å². The van der Waals surface area contributed by atoms with Crippen molar-refractivity contribution < 1.29 is 13.2 Å². The molecule has 1 fully saturated rings. The number of piperidine rings is 1. The van der Waals surface area contributed by atoms with Crippen LogP contribution in [0.4, 0.5) is 13.2 Å². The molecule has 0 radical (unpaired) electrons. The Morgan fingerprint density at radius 2 is 1.80 bits per heavy atom. The zero-order valence-electron chi connectivity index (χ0n) is 16.5. The van der Waals surface area contributed by atoms with Gasteiger partial charge in [-0.25, -0.2) is 4.68 Å². The topological polar surface area (TPSA) is 38.9 Å². The Morgan fingerprint density at radius 3 is 2.47 bits per heavy atom. The van der Waals surface area contributed by atoms with E-state index in [9.17, 15) is 13.2 Å². The van der Waals surface area contributed by atoms with E-state index in [1.807, 2.05) is 47.9 Å². The summed E-state index contributed by atoms with van der Waals surface area (Å²) in [5.41, 5.74) is 2.81. The Morgan fingerprint density at radius 1 is 1.10 bits per heavy atom. The first-order valence-electron chi connectivity index (χ1n) is 9.79. The largest absolute Gasteiger partial charge is 0.393 e. The lowest BCUT2D eigenvalue weighted by Crippen LogP contribution is -2.42. The van der Waals surface area contributed by atoms with Crippen molar-refractivity contribution in [3.63, 3.8) is 0 Å². The van der Waals surface area contributed by atoms with Crippen LogP contribution in [0.15, 0.2) is 48.8 Å². The van der Waals surface area contributed by atoms with Gasteiger partial charge in [0.2, 0.25) is 4.77 Å². The van der Waals surface area contributed by atoms with Gasteiger partial charge in [-0.3, -0.25) is 14.5 Å². The maximum Gasteiger partial charge on any atom is 0.393 e. The zero-order chi connectivity index (χ0) is 21.3. The third-order valence-corrected chi connectivity index (χ3v) is 5.77. The molecule has 2 aromatic heterocycles. The Kier molecular flexibility index (Phi) is 5.75. The van der Waals surface area contributed by atoms with Gasteiger partial charge in [0, 0.05) is 30.2 Å². The van der Waals surface area contributed by atoms with E-state index in [-0.39, 0.29) is 19.6 Å². The van der Waals surface area contributed by atoms with Crippen molar-refractivity contribution in [1.82, 2.24) is 24.2 Å². The van der Waals surface area contributed by atoms with Gasteiger partial charge in [-0.2, -0.15) is 13.2 Å². The summed E-state index contributed by atoms with van der Waals surface area (Å²) in [5, 5.41) is 4.68. The lowest BCUT2D eigenvalue weighted by molar-refractivity contribution is -0.188. The molecule has 3 heterocycles. The second-order valence-corrected chi connectivity index (χ2v) is 7.98. The summed E-state index contributed by atoms with van der Waals surface area (Å²) >= 11 is 5.70. The van der Waals surface area contributed by atoms with E-state index < -0.39 is 12.1 Å². The molecule has 0 aliphatic carbocycles. The van der Waals surface area contributed by atoms with E-state index in [0.717, 1.165) is 16.8 Å². The van der Waals surface area contributed by atoms with E-state index in [1.165, 1.54) is 0 Å². The lowest BCUT2D eigenvalue weighted by atomic mass is 9.98. The minimum absolute atomic E-state index is 0.0345. The van der Waals surface area contributed by atoms with E-state index in [0.29, 0.717) is 23.6 Å². The normalized spacial score (nSPS) is 17.9. The number of aryl methyl sites for hydroxylation is 1. The fraction of sp³-hybridized carbons (Fsp3) is 0.381. The van der Waals surface area contributed by atoms with Crippen LogP contribution in [0, 0.1) is 17.6 Å². The third kappa shape index (κ3) is 4.32. The number of hydrogen-bond acceptors (Lipinski definition) is 4. The van der Waals surface area contributed by atoms with Gasteiger partial charge in [0.25, 0.3) is 0 Å². The summed E-state index contributed by atoms with van der Waals surface area (Å²) in [6.07, 6.45) is -0.146. The van der Waals surface area contributed by atoms with Crippen molar-refractivity contribution in [2.45, 2.75) is 32.6 Å². The van der Waals surface area contributed by atoms with E-state index >= 15 is 0 Å². The number of rotatable bonds is 4. The van der Waals surface area contributed by atoms with Crippen LogP contribution in [0.3, 0.4) is 0 Å². The van der Waals surface area contributed by atoms with Gasteiger partial charge in [-0.05, 0) is 62.8 Å². The van der Waals surface area contributed by atoms with E-state index in [1.54, 1.807) is 22.0 Å². The highest BCUT2D eigenvalue weighted by atomic mass is 32.1. The molecule has 1 aliphatic rings. The van der Waals surface area contributed by atoms with Gasteiger partial charge in [0.15, 0.2) is 5.82 Å². The van der Waals surface area contributed by atoms with Crippen molar-refractivity contribution in [2.24, 2.45) is 5.92 Å². The number of likely N-dealkylation sites (tertiary alicyclic amines) is 1. The molecule has 0 N–H and O–H groups in total. The van der Waals surface area contributed by atoms with Gasteiger partial charge in [0.05, 0.1) is 12.6 Å². The molecule has 0 amide bonds. The number of halogens is 3. The molecule has 3 aromatic rings. The smallest absolute Gasteiger partial charge is 0.284 e. The van der Waals surface area contributed by atoms with E-state index in [4.69, 9.17) is 12.2 Å². The first-order chi connectivity index (χ1) is 14.3. The van der Waals surface area contributed by atoms with Gasteiger partial charge in [-0.15, -0.1) is 5.10 Å². The van der Waals surface area contributed by atoms with Crippen LogP contribution in [0.5, 0.6) is 0 Å². The molecule has 1 aromatic carbocycles. The highest BCUT2D eigenvalue weighted by molar-refractivity contribution is 7.71. The molecule has 158 valence electrons. The Bertz CT molecular complexity index is 1060. The second kappa shape index (κ2) is 8.31. The second-order valence-electron chi connectivity index (χ2n) is 7.61. The maximum absolute atomic E-state index is 13.2. The molecule has 4 rings (SSSR count). The summed E-state index contributed by atoms with van der Waals surface area (Å²) in [6, 6.07) is 11.6. The van der Waals surface area contributed by atoms with Crippen molar-refractivity contribution in [3.8, 4) is 17.1 Å². The van der Waals surface area contributed by atoms with Crippen LogP contribution in [-0.4, -0.2) is 43.5 Å². The van der Waals surface area contributed by atoms with Crippen LogP contribution < -0.4 is 0 Å². The van der Waals surface area contributed by atoms with Gasteiger partial charge in [-0.1, -0.05) is 17.7 Å². The molecule has 1 saturated heterocycles. The number of alkyl halides is 3. The SMILES string of the molecule is Cc1ccc(-n2c(-c3ccncc3)nn(CN3CCC[C@H](C(F)(F)F)C3)c2=S)cc1. The zero-order valence-corrected chi connectivity index (χ0v) is 17.3. The first-order valence-corrected chi connectivity index (χ1v) is 10.2. The monoisotopic (exact) mass is 433 g/mol. The highest BCUT2D eigenvalue weighted by Crippen LogP contribution is 2.33. The summed E-state index contributed by atoms with van der Waals surface area (Å²) < 4.78 is 43.5. The van der Waals surface area contributed by atoms with Gasteiger partial charge in [0.1, 0.15) is 0 Å². The fourth-order valence-electron chi connectivity index (χ4n) is 3.75. The highest BCUT2D eigenvalue weighted by Gasteiger charge is 2.41. The van der Waals surface area contributed by atoms with Crippen LogP contribution >= 0.6 is 12.2 Å². The van der Waals surface area contributed by atoms with Crippen LogP contribution in [0.25, 0.3) is 17.1 Å². The Hall–Kier alpha value is -2.52. The number of pyridine rings is 1. The molecular weight excluding hydrogens is 411 g/mol. The lowest BCUT2D eigenvalue weighted by Gasteiger charge is -2.33. The Labute approximate surface area is 177 Å². The summed E-state index contributed by atoms with van der Waals surface area (Å²) in [6.45, 7) is 2.79. The van der Waals surface area contributed by atoms with Gasteiger partial charge >= 0.3 is 6.18 Å². The molecule has 0 saturated carbocycles. The maximum atomic E-state index is 13.2. The first kappa shape index (κ1) is 20.7. The van der Waals surface area contributed by atoms with Gasteiger partial charge < -0.3 is 0 Å². The molecule has 30 heavy (non-hydrogen) atoms. The minimum Gasteiger partial charge on any atom is -0.284 e. The predicted molar refractivity (Wildman–Crippen MR) is 111 cm³/mol. The number of benzene rings is 1. The molecule has 0 bridgehead atoms. The minimum atomic E-state index is -4.18. The van der Waals surface area contributed by atoms with Crippen LogP contribution in [0.2, 0.25) is 0 Å². The molecule has 0 unspecified atom stereocenters. The van der Waals surface area contributed by atoms with Crippen molar-refractivity contribution >= 4 is 12.2 Å². The average Bonchev–Trinajstić information content (AvgIpc) is 3.05. The summed E-state index contributed by atoms with van der Waals surface area (Å²) in [5.74, 6) is -0.671. The van der Waals surface area contributed by atoms with Crippen LogP contribution in [0.1, 0.15) is 18.4 Å². The third-order valence-electron chi connectivity index (χ3n) is 5.37.